The molecule has 2 aromatic heterocycles. The fourth-order valence-electron chi connectivity index (χ4n) is 3.07. The number of carbonyl (C=O) groups is 1. The Labute approximate surface area is 166 Å². The normalized spacial score (nSPS) is 12.0. The van der Waals surface area contributed by atoms with Crippen LogP contribution in [0.25, 0.3) is 16.6 Å². The summed E-state index contributed by atoms with van der Waals surface area (Å²) >= 11 is 1.35. The van der Waals surface area contributed by atoms with Gasteiger partial charge in [-0.1, -0.05) is 36.0 Å². The third-order valence-electron chi connectivity index (χ3n) is 4.48. The van der Waals surface area contributed by atoms with Crippen molar-refractivity contribution in [3.8, 4) is 6.07 Å². The number of aromatic nitrogens is 3. The average molecular weight is 387 g/mol. The highest BCUT2D eigenvalue weighted by Gasteiger charge is 2.19. The first kappa shape index (κ1) is 18.0. The van der Waals surface area contributed by atoms with Gasteiger partial charge in [0.2, 0.25) is 5.91 Å². The Kier molecular flexibility index (Phi) is 4.72. The minimum absolute atomic E-state index is 0.159. The predicted molar refractivity (Wildman–Crippen MR) is 110 cm³/mol. The lowest BCUT2D eigenvalue weighted by Crippen LogP contribution is -2.22. The molecule has 1 amide bonds. The molecule has 138 valence electrons. The molecule has 0 unspecified atom stereocenters. The van der Waals surface area contributed by atoms with Crippen LogP contribution >= 0.6 is 11.8 Å². The van der Waals surface area contributed by atoms with Crippen LogP contribution in [0, 0.1) is 18.3 Å². The maximum Gasteiger partial charge on any atom is 0.237 e. The van der Waals surface area contributed by atoms with Crippen molar-refractivity contribution in [2.75, 3.05) is 5.32 Å². The number of fused-ring (bicyclic) bond motifs is 3. The summed E-state index contributed by atoms with van der Waals surface area (Å²) in [5.41, 5.74) is 4.01. The van der Waals surface area contributed by atoms with Gasteiger partial charge in [0, 0.05) is 11.1 Å². The van der Waals surface area contributed by atoms with Gasteiger partial charge in [0.05, 0.1) is 22.4 Å². The number of carbonyl (C=O) groups excluding carboxylic acids is 1. The highest BCUT2D eigenvalue weighted by molar-refractivity contribution is 8.00. The summed E-state index contributed by atoms with van der Waals surface area (Å²) in [5, 5.41) is 21.8. The van der Waals surface area contributed by atoms with Crippen LogP contribution in [-0.4, -0.2) is 25.8 Å². The molecule has 1 N–H and O–H groups in total. The molecule has 0 aliphatic heterocycles. The summed E-state index contributed by atoms with van der Waals surface area (Å²) in [4.78, 5) is 12.6. The molecular formula is C21H17N5OS. The van der Waals surface area contributed by atoms with Crippen molar-refractivity contribution < 1.29 is 4.79 Å². The van der Waals surface area contributed by atoms with Gasteiger partial charge in [0.15, 0.2) is 10.8 Å². The molecule has 4 rings (SSSR count). The van der Waals surface area contributed by atoms with Crippen LogP contribution in [0.15, 0.2) is 59.8 Å². The first-order valence-electron chi connectivity index (χ1n) is 8.78. The molecule has 6 nitrogen and oxygen atoms in total. The van der Waals surface area contributed by atoms with Gasteiger partial charge in [-0.25, -0.2) is 0 Å². The minimum Gasteiger partial charge on any atom is -0.325 e. The zero-order chi connectivity index (χ0) is 19.7. The van der Waals surface area contributed by atoms with Crippen molar-refractivity contribution >= 4 is 39.9 Å². The molecule has 1 atom stereocenters. The van der Waals surface area contributed by atoms with E-state index in [0.717, 1.165) is 22.1 Å². The van der Waals surface area contributed by atoms with Crippen molar-refractivity contribution in [3.05, 3.63) is 65.7 Å². The Morgan fingerprint density at radius 1 is 1.18 bits per heavy atom. The zero-order valence-electron chi connectivity index (χ0n) is 15.4. The number of nitrogens with zero attached hydrogens (tertiary/aromatic N) is 4. The van der Waals surface area contributed by atoms with Gasteiger partial charge in [0.25, 0.3) is 0 Å². The number of hydrogen-bond acceptors (Lipinski definition) is 5. The first-order chi connectivity index (χ1) is 13.6. The number of hydrogen-bond donors (Lipinski definition) is 1. The quantitative estimate of drug-likeness (QED) is 0.531. The van der Waals surface area contributed by atoms with E-state index < -0.39 is 5.25 Å². The largest absolute Gasteiger partial charge is 0.325 e. The molecule has 0 saturated heterocycles. The first-order valence-corrected chi connectivity index (χ1v) is 9.66. The Balaban J connectivity index is 1.62. The molecular weight excluding hydrogens is 370 g/mol. The van der Waals surface area contributed by atoms with E-state index in [1.165, 1.54) is 11.8 Å². The Morgan fingerprint density at radius 3 is 2.82 bits per heavy atom. The van der Waals surface area contributed by atoms with E-state index in [9.17, 15) is 4.79 Å². The van der Waals surface area contributed by atoms with Crippen molar-refractivity contribution in [3.63, 3.8) is 0 Å². The van der Waals surface area contributed by atoms with Crippen molar-refractivity contribution in [2.24, 2.45) is 0 Å². The van der Waals surface area contributed by atoms with Gasteiger partial charge >= 0.3 is 0 Å². The number of nitrogens with one attached hydrogen (secondary N) is 1. The molecule has 0 fully saturated rings. The number of para-hydroxylation sites is 1. The van der Waals surface area contributed by atoms with Gasteiger partial charge in [-0.15, -0.1) is 10.2 Å². The fourth-order valence-corrected chi connectivity index (χ4v) is 3.94. The summed E-state index contributed by atoms with van der Waals surface area (Å²) in [6, 6.07) is 19.0. The van der Waals surface area contributed by atoms with Crippen LogP contribution < -0.4 is 5.32 Å². The average Bonchev–Trinajstić information content (AvgIpc) is 3.10. The van der Waals surface area contributed by atoms with Crippen LogP contribution in [0.4, 0.5) is 5.69 Å². The van der Waals surface area contributed by atoms with Crippen LogP contribution in [0.2, 0.25) is 0 Å². The molecule has 28 heavy (non-hydrogen) atoms. The zero-order valence-corrected chi connectivity index (χ0v) is 16.2. The van der Waals surface area contributed by atoms with Gasteiger partial charge in [-0.3, -0.25) is 9.20 Å². The summed E-state index contributed by atoms with van der Waals surface area (Å²) in [7, 11) is 0. The molecule has 0 bridgehead atoms. The molecule has 0 spiro atoms. The molecule has 4 aromatic rings. The number of aryl methyl sites for hydroxylation is 1. The summed E-state index contributed by atoms with van der Waals surface area (Å²) in [6.45, 7) is 3.88. The highest BCUT2D eigenvalue weighted by atomic mass is 32.2. The number of benzene rings is 2. The molecule has 2 heterocycles. The van der Waals surface area contributed by atoms with Crippen molar-refractivity contribution in [2.45, 2.75) is 24.3 Å². The lowest BCUT2D eigenvalue weighted by Gasteiger charge is -2.12. The number of amides is 1. The Morgan fingerprint density at radius 2 is 2.00 bits per heavy atom. The number of rotatable bonds is 4. The van der Waals surface area contributed by atoms with Crippen LogP contribution in [0.5, 0.6) is 0 Å². The number of thioether (sulfide) groups is 1. The second-order valence-corrected chi connectivity index (χ2v) is 7.77. The van der Waals surface area contributed by atoms with E-state index >= 15 is 0 Å². The molecule has 2 aromatic carbocycles. The fraction of sp³-hybridized carbons (Fsp3) is 0.143. The number of anilines is 1. The summed E-state index contributed by atoms with van der Waals surface area (Å²) in [6.07, 6.45) is 0. The number of nitriles is 1. The molecule has 0 aliphatic rings. The van der Waals surface area contributed by atoms with E-state index in [-0.39, 0.29) is 5.91 Å². The Bertz CT molecular complexity index is 1240. The Hall–Kier alpha value is -3.37. The monoisotopic (exact) mass is 387 g/mol. The second-order valence-electron chi connectivity index (χ2n) is 6.46. The van der Waals surface area contributed by atoms with Crippen molar-refractivity contribution in [1.29, 1.82) is 5.26 Å². The lowest BCUT2D eigenvalue weighted by atomic mass is 10.1. The maximum absolute atomic E-state index is 12.6. The van der Waals surface area contributed by atoms with Gasteiger partial charge in [-0.05, 0) is 49.7 Å². The standard InChI is InChI=1S/C21H17N5OS/c1-13-10-19-24-25-21(26(19)18-9-4-3-8-17(13)18)28-14(2)20(27)23-16-7-5-6-15(11-16)12-22/h3-11,14H,1-2H3,(H,23,27)/t14-/m0/s1. The van der Waals surface area contributed by atoms with E-state index in [1.807, 2.05) is 35.6 Å². The van der Waals surface area contributed by atoms with E-state index in [4.69, 9.17) is 5.26 Å². The minimum atomic E-state index is -0.391. The maximum atomic E-state index is 12.6. The van der Waals surface area contributed by atoms with Gasteiger partial charge in [-0.2, -0.15) is 5.26 Å². The van der Waals surface area contributed by atoms with Crippen LogP contribution in [0.1, 0.15) is 18.1 Å². The van der Waals surface area contributed by atoms with Gasteiger partial charge in [0.1, 0.15) is 0 Å². The molecule has 0 radical (unpaired) electrons. The second kappa shape index (κ2) is 7.33. The van der Waals surface area contributed by atoms with Crippen LogP contribution in [-0.2, 0) is 4.79 Å². The SMILES string of the molecule is Cc1cc2nnc(S[C@@H](C)C(=O)Nc3cccc(C#N)c3)n2c2ccccc12. The molecule has 0 saturated carbocycles. The lowest BCUT2D eigenvalue weighted by molar-refractivity contribution is -0.115. The smallest absolute Gasteiger partial charge is 0.237 e. The van der Waals surface area contributed by atoms with E-state index in [0.29, 0.717) is 16.4 Å². The number of pyridine rings is 1. The summed E-state index contributed by atoms with van der Waals surface area (Å²) < 4.78 is 1.98. The summed E-state index contributed by atoms with van der Waals surface area (Å²) in [5.74, 6) is -0.159. The third kappa shape index (κ3) is 3.30. The molecule has 0 aliphatic carbocycles. The topological polar surface area (TPSA) is 83.1 Å². The van der Waals surface area contributed by atoms with Gasteiger partial charge < -0.3 is 5.32 Å². The molecule has 7 heteroatoms. The highest BCUT2D eigenvalue weighted by Crippen LogP contribution is 2.28. The predicted octanol–water partition coefficient (Wildman–Crippen LogP) is 4.18. The van der Waals surface area contributed by atoms with Crippen molar-refractivity contribution in [1.82, 2.24) is 14.6 Å². The third-order valence-corrected chi connectivity index (χ3v) is 5.53. The van der Waals surface area contributed by atoms with Crippen LogP contribution in [0.3, 0.4) is 0 Å². The van der Waals surface area contributed by atoms with E-state index in [1.54, 1.807) is 24.3 Å². The van der Waals surface area contributed by atoms with E-state index in [2.05, 4.69) is 34.6 Å².